The molecule has 0 radical (unpaired) electrons. The molecule has 3 rings (SSSR count). The summed E-state index contributed by atoms with van der Waals surface area (Å²) in [5.74, 6) is -4.86. The Morgan fingerprint density at radius 3 is 2.28 bits per heavy atom. The number of hydrogen-bond donors (Lipinski definition) is 7. The van der Waals surface area contributed by atoms with Crippen molar-refractivity contribution in [2.75, 3.05) is 6.61 Å². The smallest absolute Gasteiger partial charge is 0.215 e. The molecule has 1 saturated carbocycles. The highest BCUT2D eigenvalue weighted by molar-refractivity contribution is 6.38. The minimum absolute atomic E-state index is 0.00883. The minimum Gasteiger partial charge on any atom is -0.508 e. The summed E-state index contributed by atoms with van der Waals surface area (Å²) in [4.78, 5) is 37.9. The predicted octanol–water partition coefficient (Wildman–Crippen LogP) is -2.10. The predicted molar refractivity (Wildman–Crippen MR) is 105 cm³/mol. The minimum atomic E-state index is -3.17. The lowest BCUT2D eigenvalue weighted by Crippen LogP contribution is -2.71. The molecule has 0 aromatic heterocycles. The summed E-state index contributed by atoms with van der Waals surface area (Å²) < 4.78 is 5.16. The first-order chi connectivity index (χ1) is 15.0. The Balaban J connectivity index is 2.00. The highest BCUT2D eigenvalue weighted by Gasteiger charge is 2.62. The Bertz CT molecular complexity index is 978. The van der Waals surface area contributed by atoms with Gasteiger partial charge in [0, 0.05) is 0 Å². The van der Waals surface area contributed by atoms with Crippen LogP contribution < -0.4 is 0 Å². The number of phenols is 1. The van der Waals surface area contributed by atoms with Crippen molar-refractivity contribution in [3.63, 3.8) is 0 Å². The molecule has 1 heterocycles. The maximum atomic E-state index is 13.0. The lowest BCUT2D eigenvalue weighted by molar-refractivity contribution is -0.261. The van der Waals surface area contributed by atoms with Crippen LogP contribution in [0.4, 0.5) is 0 Å². The molecular formula is C21H22O11. The van der Waals surface area contributed by atoms with Crippen LogP contribution in [0.5, 0.6) is 5.75 Å². The molecule has 7 N–H and O–H groups in total. The van der Waals surface area contributed by atoms with Crippen LogP contribution in [0, 0.1) is 0 Å². The molecule has 1 aromatic carbocycles. The number of ether oxygens (including phenoxy) is 1. The lowest BCUT2D eigenvalue weighted by Gasteiger charge is -2.46. The van der Waals surface area contributed by atoms with Crippen LogP contribution in [-0.2, 0) is 19.1 Å². The van der Waals surface area contributed by atoms with Gasteiger partial charge in [0.1, 0.15) is 47.6 Å². The Morgan fingerprint density at radius 1 is 1.06 bits per heavy atom. The number of benzene rings is 1. The Morgan fingerprint density at radius 2 is 1.69 bits per heavy atom. The number of phenolic OH excluding ortho intramolecular Hbond substituents is 1. The van der Waals surface area contributed by atoms with Crippen LogP contribution in [0.2, 0.25) is 0 Å². The molecule has 11 nitrogen and oxygen atoms in total. The van der Waals surface area contributed by atoms with Crippen LogP contribution in [0.25, 0.3) is 6.08 Å². The van der Waals surface area contributed by atoms with Gasteiger partial charge in [-0.25, -0.2) is 0 Å². The van der Waals surface area contributed by atoms with Crippen LogP contribution in [0.1, 0.15) is 12.0 Å². The maximum Gasteiger partial charge on any atom is 0.215 e. The summed E-state index contributed by atoms with van der Waals surface area (Å²) in [6, 6.07) is 5.67. The Labute approximate surface area is 181 Å². The standard InChI is InChI=1S/C21H22O11/c22-8-13-16(27)17(28)18(29)20(32-13)21(31)14(26)7-12(25)15(19(21)30)11(24)6-3-9-1-4-10(23)5-2-9/h1-6,13,16-18,20,22-24,27-29,31H,7-8H2/b6-3+,15-11+/t13-,16+,17?,18?,20+,21-/m0/s1. The molecule has 32 heavy (non-hydrogen) atoms. The molecule has 0 bridgehead atoms. The number of aliphatic hydroxyl groups is 6. The molecule has 1 aliphatic heterocycles. The molecule has 0 spiro atoms. The van der Waals surface area contributed by atoms with Crippen molar-refractivity contribution in [3.05, 3.63) is 47.2 Å². The molecule has 2 fully saturated rings. The molecule has 0 amide bonds. The number of aromatic hydroxyl groups is 1. The molecule has 6 atom stereocenters. The molecule has 2 unspecified atom stereocenters. The summed E-state index contributed by atoms with van der Waals surface area (Å²) >= 11 is 0. The second-order valence-corrected chi connectivity index (χ2v) is 7.55. The lowest BCUT2D eigenvalue weighted by atomic mass is 9.71. The summed E-state index contributed by atoms with van der Waals surface area (Å²) in [7, 11) is 0. The summed E-state index contributed by atoms with van der Waals surface area (Å²) in [6.45, 7) is -0.873. The summed E-state index contributed by atoms with van der Waals surface area (Å²) in [5, 5.41) is 70.0. The fourth-order valence-electron chi connectivity index (χ4n) is 3.65. The Hall–Kier alpha value is -2.93. The van der Waals surface area contributed by atoms with Crippen LogP contribution in [-0.4, -0.2) is 95.8 Å². The number of rotatable bonds is 4. The zero-order chi connectivity index (χ0) is 23.8. The van der Waals surface area contributed by atoms with Gasteiger partial charge in [-0.2, -0.15) is 0 Å². The van der Waals surface area contributed by atoms with Gasteiger partial charge < -0.3 is 40.5 Å². The van der Waals surface area contributed by atoms with Crippen molar-refractivity contribution in [3.8, 4) is 5.75 Å². The second-order valence-electron chi connectivity index (χ2n) is 7.55. The molecular weight excluding hydrogens is 428 g/mol. The molecule has 2 aliphatic rings. The van der Waals surface area contributed by atoms with Crippen LogP contribution >= 0.6 is 0 Å². The maximum absolute atomic E-state index is 13.0. The van der Waals surface area contributed by atoms with Crippen molar-refractivity contribution in [1.29, 1.82) is 0 Å². The highest BCUT2D eigenvalue weighted by Crippen LogP contribution is 2.36. The van der Waals surface area contributed by atoms with E-state index in [1.165, 1.54) is 30.3 Å². The first-order valence-electron chi connectivity index (χ1n) is 9.56. The van der Waals surface area contributed by atoms with Gasteiger partial charge >= 0.3 is 0 Å². The van der Waals surface area contributed by atoms with E-state index < -0.39 is 77.8 Å². The number of Topliss-reactive ketones (excluding diaryl/α,β-unsaturated/α-hetero) is 3. The molecule has 1 aromatic rings. The van der Waals surface area contributed by atoms with E-state index in [4.69, 9.17) is 4.74 Å². The van der Waals surface area contributed by atoms with Crippen molar-refractivity contribution in [1.82, 2.24) is 0 Å². The van der Waals surface area contributed by atoms with Crippen molar-refractivity contribution in [2.45, 2.75) is 42.5 Å². The third-order valence-corrected chi connectivity index (χ3v) is 5.49. The Kier molecular flexibility index (Phi) is 6.60. The average molecular weight is 450 g/mol. The normalized spacial score (nSPS) is 35.4. The number of carbonyl (C=O) groups is 3. The van der Waals surface area contributed by atoms with Gasteiger partial charge in [0.25, 0.3) is 0 Å². The number of ketones is 3. The van der Waals surface area contributed by atoms with E-state index in [9.17, 15) is 50.1 Å². The van der Waals surface area contributed by atoms with E-state index in [0.717, 1.165) is 6.08 Å². The topological polar surface area (TPSA) is 202 Å². The summed E-state index contributed by atoms with van der Waals surface area (Å²) in [6.07, 6.45) is -8.30. The fraction of sp³-hybridized carbons (Fsp3) is 0.381. The molecule has 172 valence electrons. The second kappa shape index (κ2) is 8.90. The zero-order valence-electron chi connectivity index (χ0n) is 16.5. The molecule has 11 heteroatoms. The first-order valence-corrected chi connectivity index (χ1v) is 9.56. The highest BCUT2D eigenvalue weighted by atomic mass is 16.6. The van der Waals surface area contributed by atoms with Gasteiger partial charge in [-0.3, -0.25) is 14.4 Å². The zero-order valence-corrected chi connectivity index (χ0v) is 16.5. The van der Waals surface area contributed by atoms with Crippen molar-refractivity contribution >= 4 is 23.4 Å². The molecule has 1 saturated heterocycles. The monoisotopic (exact) mass is 450 g/mol. The number of hydrogen-bond acceptors (Lipinski definition) is 11. The van der Waals surface area contributed by atoms with Gasteiger partial charge in [-0.1, -0.05) is 18.2 Å². The number of aliphatic hydroxyl groups excluding tert-OH is 5. The van der Waals surface area contributed by atoms with E-state index in [-0.39, 0.29) is 5.75 Å². The largest absolute Gasteiger partial charge is 0.508 e. The SMILES string of the molecule is O=C1CC(=O)[C@@](O)([C@@H]2O[C@@H](CO)[C@@H](O)C(O)C2O)C(=O)/C1=C(O)\C=C\c1ccc(O)cc1. The number of allylic oxidation sites excluding steroid dienone is 1. The van der Waals surface area contributed by atoms with Gasteiger partial charge in [0.05, 0.1) is 13.0 Å². The van der Waals surface area contributed by atoms with E-state index in [0.29, 0.717) is 5.56 Å². The quantitative estimate of drug-likeness (QED) is 0.115. The van der Waals surface area contributed by atoms with Crippen molar-refractivity contribution < 1.29 is 54.9 Å². The van der Waals surface area contributed by atoms with Gasteiger partial charge in [-0.05, 0) is 23.8 Å². The van der Waals surface area contributed by atoms with Gasteiger partial charge in [0.2, 0.25) is 11.4 Å². The van der Waals surface area contributed by atoms with Crippen LogP contribution in [0.3, 0.4) is 0 Å². The van der Waals surface area contributed by atoms with Crippen LogP contribution in [0.15, 0.2) is 41.7 Å². The van der Waals surface area contributed by atoms with E-state index in [1.54, 1.807) is 0 Å². The number of carbonyl (C=O) groups excluding carboxylic acids is 3. The van der Waals surface area contributed by atoms with E-state index in [1.807, 2.05) is 0 Å². The summed E-state index contributed by atoms with van der Waals surface area (Å²) in [5.41, 5.74) is -3.61. The van der Waals surface area contributed by atoms with E-state index >= 15 is 0 Å². The fourth-order valence-corrected chi connectivity index (χ4v) is 3.65. The average Bonchev–Trinajstić information content (AvgIpc) is 2.76. The first kappa shape index (κ1) is 23.7. The molecule has 1 aliphatic carbocycles. The van der Waals surface area contributed by atoms with E-state index in [2.05, 4.69) is 0 Å². The third-order valence-electron chi connectivity index (χ3n) is 5.49. The van der Waals surface area contributed by atoms with Gasteiger partial charge in [0.15, 0.2) is 11.6 Å². The van der Waals surface area contributed by atoms with Gasteiger partial charge in [-0.15, -0.1) is 0 Å². The van der Waals surface area contributed by atoms with Crippen molar-refractivity contribution in [2.24, 2.45) is 0 Å². The third kappa shape index (κ3) is 3.97.